The second kappa shape index (κ2) is 5.96. The zero-order chi connectivity index (χ0) is 14.7. The number of nitrogens with zero attached hydrogens (tertiary/aromatic N) is 1. The van der Waals surface area contributed by atoms with Gasteiger partial charge in [0.25, 0.3) is 5.91 Å². The Hall–Kier alpha value is -2.35. The predicted molar refractivity (Wildman–Crippen MR) is 86.1 cm³/mol. The molecule has 0 atom stereocenters. The first-order chi connectivity index (χ1) is 10.2. The monoisotopic (exact) mass is 277 g/mol. The van der Waals surface area contributed by atoms with E-state index in [2.05, 4.69) is 30.3 Å². The lowest BCUT2D eigenvalue weighted by Gasteiger charge is -2.26. The van der Waals surface area contributed by atoms with E-state index in [0.29, 0.717) is 6.54 Å². The van der Waals surface area contributed by atoms with Crippen LogP contribution in [0.3, 0.4) is 0 Å². The molecular weight excluding hydrogens is 258 g/mol. The second-order valence-electron chi connectivity index (χ2n) is 5.46. The molecule has 0 fully saturated rings. The minimum Gasteiger partial charge on any atom is -0.335 e. The number of carbonyl (C=O) groups excluding carboxylic acids is 1. The van der Waals surface area contributed by atoms with Gasteiger partial charge in [0.15, 0.2) is 0 Å². The molecule has 2 aromatic carbocycles. The second-order valence-corrected chi connectivity index (χ2v) is 5.46. The lowest BCUT2D eigenvalue weighted by atomic mass is 9.99. The molecule has 21 heavy (non-hydrogen) atoms. The highest BCUT2D eigenvalue weighted by Gasteiger charge is 2.18. The number of aryl methyl sites for hydroxylation is 1. The van der Waals surface area contributed by atoms with Crippen LogP contribution in [0.15, 0.2) is 60.7 Å². The topological polar surface area (TPSA) is 20.3 Å². The molecule has 0 aromatic heterocycles. The zero-order valence-electron chi connectivity index (χ0n) is 12.3. The van der Waals surface area contributed by atoms with Gasteiger partial charge >= 0.3 is 0 Å². The molecule has 1 aliphatic heterocycles. The van der Waals surface area contributed by atoms with Crippen LogP contribution in [0.4, 0.5) is 0 Å². The molecule has 1 heterocycles. The molecule has 0 bridgehead atoms. The minimum absolute atomic E-state index is 0.123. The van der Waals surface area contributed by atoms with E-state index in [1.807, 2.05) is 42.2 Å². The molecule has 0 saturated carbocycles. The SMILES string of the molecule is Cc1ccc(C(=O)N2CC=C(c3ccccc3)CC2)cc1. The Kier molecular flexibility index (Phi) is 3.87. The Labute approximate surface area is 125 Å². The predicted octanol–water partition coefficient (Wildman–Crippen LogP) is 3.92. The Balaban J connectivity index is 1.72. The number of amides is 1. The molecule has 0 N–H and O–H groups in total. The summed E-state index contributed by atoms with van der Waals surface area (Å²) >= 11 is 0. The van der Waals surface area contributed by atoms with Gasteiger partial charge in [0.2, 0.25) is 0 Å². The van der Waals surface area contributed by atoms with Crippen molar-refractivity contribution in [3.05, 3.63) is 77.4 Å². The maximum Gasteiger partial charge on any atom is 0.254 e. The van der Waals surface area contributed by atoms with Crippen LogP contribution in [0.25, 0.3) is 5.57 Å². The quantitative estimate of drug-likeness (QED) is 0.814. The maximum absolute atomic E-state index is 12.5. The van der Waals surface area contributed by atoms with Gasteiger partial charge in [-0.25, -0.2) is 0 Å². The van der Waals surface area contributed by atoms with Crippen molar-refractivity contribution < 1.29 is 4.79 Å². The average Bonchev–Trinajstić information content (AvgIpc) is 2.56. The molecule has 1 amide bonds. The molecule has 2 heteroatoms. The van der Waals surface area contributed by atoms with Gasteiger partial charge < -0.3 is 4.90 Å². The van der Waals surface area contributed by atoms with Gasteiger partial charge in [-0.3, -0.25) is 4.79 Å². The van der Waals surface area contributed by atoms with Gasteiger partial charge in [-0.1, -0.05) is 54.1 Å². The molecular formula is C19H19NO. The van der Waals surface area contributed by atoms with Crippen molar-refractivity contribution in [2.75, 3.05) is 13.1 Å². The molecule has 2 nitrogen and oxygen atoms in total. The van der Waals surface area contributed by atoms with E-state index in [9.17, 15) is 4.79 Å². The van der Waals surface area contributed by atoms with Crippen molar-refractivity contribution in [1.82, 2.24) is 4.90 Å². The van der Waals surface area contributed by atoms with E-state index < -0.39 is 0 Å². The summed E-state index contributed by atoms with van der Waals surface area (Å²) < 4.78 is 0. The summed E-state index contributed by atoms with van der Waals surface area (Å²) in [6, 6.07) is 18.2. The smallest absolute Gasteiger partial charge is 0.254 e. The standard InChI is InChI=1S/C19H19NO/c1-15-7-9-18(10-8-15)19(21)20-13-11-17(12-14-20)16-5-3-2-4-6-16/h2-11H,12-14H2,1H3. The first kappa shape index (κ1) is 13.6. The lowest BCUT2D eigenvalue weighted by molar-refractivity contribution is 0.0773. The summed E-state index contributed by atoms with van der Waals surface area (Å²) in [5.41, 5.74) is 4.55. The number of benzene rings is 2. The van der Waals surface area contributed by atoms with E-state index in [1.54, 1.807) is 0 Å². The van der Waals surface area contributed by atoms with E-state index in [4.69, 9.17) is 0 Å². The molecule has 2 aromatic rings. The van der Waals surface area contributed by atoms with Crippen molar-refractivity contribution in [3.8, 4) is 0 Å². The molecule has 0 saturated heterocycles. The highest BCUT2D eigenvalue weighted by molar-refractivity contribution is 5.94. The summed E-state index contributed by atoms with van der Waals surface area (Å²) in [6.45, 7) is 3.51. The molecule has 0 spiro atoms. The van der Waals surface area contributed by atoms with E-state index in [-0.39, 0.29) is 5.91 Å². The van der Waals surface area contributed by atoms with Gasteiger partial charge in [0.1, 0.15) is 0 Å². The summed E-state index contributed by atoms with van der Waals surface area (Å²) in [7, 11) is 0. The Morgan fingerprint density at radius 3 is 2.33 bits per heavy atom. The van der Waals surface area contributed by atoms with E-state index in [1.165, 1.54) is 16.7 Å². The van der Waals surface area contributed by atoms with Gasteiger partial charge in [-0.15, -0.1) is 0 Å². The third-order valence-electron chi connectivity index (χ3n) is 3.94. The highest BCUT2D eigenvalue weighted by atomic mass is 16.2. The Morgan fingerprint density at radius 1 is 1.00 bits per heavy atom. The van der Waals surface area contributed by atoms with Crippen LogP contribution in [0.2, 0.25) is 0 Å². The molecule has 0 radical (unpaired) electrons. The largest absolute Gasteiger partial charge is 0.335 e. The van der Waals surface area contributed by atoms with Gasteiger partial charge in [0.05, 0.1) is 0 Å². The van der Waals surface area contributed by atoms with Crippen LogP contribution in [0, 0.1) is 6.92 Å². The van der Waals surface area contributed by atoms with Crippen molar-refractivity contribution >= 4 is 11.5 Å². The summed E-state index contributed by atoms with van der Waals surface area (Å²) in [5.74, 6) is 0.123. The van der Waals surface area contributed by atoms with Crippen molar-refractivity contribution in [2.45, 2.75) is 13.3 Å². The molecule has 3 rings (SSSR count). The first-order valence-electron chi connectivity index (χ1n) is 7.34. The Bertz CT molecular complexity index is 656. The number of rotatable bonds is 2. The number of hydrogen-bond donors (Lipinski definition) is 0. The van der Waals surface area contributed by atoms with Crippen LogP contribution in [-0.2, 0) is 0 Å². The number of hydrogen-bond acceptors (Lipinski definition) is 1. The van der Waals surface area contributed by atoms with Crippen LogP contribution in [-0.4, -0.2) is 23.9 Å². The fourth-order valence-corrected chi connectivity index (χ4v) is 2.65. The van der Waals surface area contributed by atoms with Gasteiger partial charge in [0, 0.05) is 18.7 Å². The van der Waals surface area contributed by atoms with Crippen molar-refractivity contribution in [1.29, 1.82) is 0 Å². The van der Waals surface area contributed by atoms with E-state index in [0.717, 1.165) is 18.5 Å². The summed E-state index contributed by atoms with van der Waals surface area (Å²) in [6.07, 6.45) is 3.09. The van der Waals surface area contributed by atoms with Crippen LogP contribution in [0.5, 0.6) is 0 Å². The number of carbonyl (C=O) groups is 1. The van der Waals surface area contributed by atoms with Crippen LogP contribution < -0.4 is 0 Å². The molecule has 0 aliphatic carbocycles. The summed E-state index contributed by atoms with van der Waals surface area (Å²) in [4.78, 5) is 14.4. The molecule has 1 aliphatic rings. The third kappa shape index (κ3) is 3.05. The van der Waals surface area contributed by atoms with Gasteiger partial charge in [-0.05, 0) is 36.6 Å². The summed E-state index contributed by atoms with van der Waals surface area (Å²) in [5, 5.41) is 0. The normalized spacial score (nSPS) is 14.7. The maximum atomic E-state index is 12.5. The van der Waals surface area contributed by atoms with Crippen molar-refractivity contribution in [2.24, 2.45) is 0 Å². The fraction of sp³-hybridized carbons (Fsp3) is 0.211. The van der Waals surface area contributed by atoms with Crippen LogP contribution in [0.1, 0.15) is 27.9 Å². The highest BCUT2D eigenvalue weighted by Crippen LogP contribution is 2.22. The fourth-order valence-electron chi connectivity index (χ4n) is 2.65. The van der Waals surface area contributed by atoms with Crippen LogP contribution >= 0.6 is 0 Å². The zero-order valence-corrected chi connectivity index (χ0v) is 12.3. The lowest BCUT2D eigenvalue weighted by Crippen LogP contribution is -2.34. The van der Waals surface area contributed by atoms with Crippen molar-refractivity contribution in [3.63, 3.8) is 0 Å². The third-order valence-corrected chi connectivity index (χ3v) is 3.94. The average molecular weight is 277 g/mol. The Morgan fingerprint density at radius 2 is 1.71 bits per heavy atom. The van der Waals surface area contributed by atoms with Gasteiger partial charge in [-0.2, -0.15) is 0 Å². The first-order valence-corrected chi connectivity index (χ1v) is 7.34. The minimum atomic E-state index is 0.123. The molecule has 106 valence electrons. The van der Waals surface area contributed by atoms with E-state index >= 15 is 0 Å². The molecule has 0 unspecified atom stereocenters.